The van der Waals surface area contributed by atoms with Gasteiger partial charge in [-0.2, -0.15) is 0 Å². The molecule has 2 amide bonds. The lowest BCUT2D eigenvalue weighted by Crippen LogP contribution is -2.43. The summed E-state index contributed by atoms with van der Waals surface area (Å²) in [5, 5.41) is 2.87. The van der Waals surface area contributed by atoms with Gasteiger partial charge in [0.15, 0.2) is 0 Å². The summed E-state index contributed by atoms with van der Waals surface area (Å²) >= 11 is 0. The second-order valence-corrected chi connectivity index (χ2v) is 6.68. The Morgan fingerprint density at radius 3 is 2.65 bits per heavy atom. The number of hydrogen-bond donors (Lipinski definition) is 1. The minimum atomic E-state index is -0.0256. The molecule has 0 spiro atoms. The standard InChI is InChI=1S/C22H26N2O2/c1-26-21-9-5-8-19(17-21)10-13-23-22(25)24-14-11-20(12-15-24)16-18-6-3-2-4-7-18/h2-10,13,17,20H,11-12,14-16H2,1H3,(H,23,25)/b13-10+. The molecule has 2 aromatic carbocycles. The van der Waals surface area contributed by atoms with E-state index in [4.69, 9.17) is 4.74 Å². The molecule has 0 radical (unpaired) electrons. The fourth-order valence-corrected chi connectivity index (χ4v) is 3.33. The number of carbonyl (C=O) groups is 1. The molecule has 0 aromatic heterocycles. The van der Waals surface area contributed by atoms with E-state index >= 15 is 0 Å². The Morgan fingerprint density at radius 1 is 1.15 bits per heavy atom. The number of amides is 2. The van der Waals surface area contributed by atoms with Crippen molar-refractivity contribution >= 4 is 12.1 Å². The van der Waals surface area contributed by atoms with Crippen molar-refractivity contribution in [2.75, 3.05) is 20.2 Å². The summed E-state index contributed by atoms with van der Waals surface area (Å²) in [5.74, 6) is 1.47. The van der Waals surface area contributed by atoms with E-state index < -0.39 is 0 Å². The number of rotatable bonds is 5. The van der Waals surface area contributed by atoms with E-state index in [9.17, 15) is 4.79 Å². The van der Waals surface area contributed by atoms with Gasteiger partial charge in [0, 0.05) is 19.3 Å². The third kappa shape index (κ3) is 5.12. The Morgan fingerprint density at radius 2 is 1.92 bits per heavy atom. The van der Waals surface area contributed by atoms with Crippen LogP contribution in [0.1, 0.15) is 24.0 Å². The van der Waals surface area contributed by atoms with Crippen LogP contribution in [0.3, 0.4) is 0 Å². The number of hydrogen-bond acceptors (Lipinski definition) is 2. The highest BCUT2D eigenvalue weighted by molar-refractivity contribution is 5.76. The van der Waals surface area contributed by atoms with Crippen LogP contribution in [-0.2, 0) is 6.42 Å². The van der Waals surface area contributed by atoms with Crippen molar-refractivity contribution in [3.05, 3.63) is 71.9 Å². The van der Waals surface area contributed by atoms with Crippen LogP contribution < -0.4 is 10.1 Å². The smallest absolute Gasteiger partial charge is 0.321 e. The molecule has 0 unspecified atom stereocenters. The summed E-state index contributed by atoms with van der Waals surface area (Å²) < 4.78 is 5.20. The van der Waals surface area contributed by atoms with Crippen molar-refractivity contribution in [2.45, 2.75) is 19.3 Å². The number of nitrogens with one attached hydrogen (secondary N) is 1. The predicted octanol–water partition coefficient (Wildman–Crippen LogP) is 4.33. The third-order valence-corrected chi connectivity index (χ3v) is 4.85. The molecule has 0 atom stereocenters. The number of nitrogens with zero attached hydrogens (tertiary/aromatic N) is 1. The second-order valence-electron chi connectivity index (χ2n) is 6.68. The monoisotopic (exact) mass is 350 g/mol. The van der Waals surface area contributed by atoms with Crippen LogP contribution in [0.4, 0.5) is 4.79 Å². The largest absolute Gasteiger partial charge is 0.497 e. The number of piperidine rings is 1. The van der Waals surface area contributed by atoms with E-state index in [1.165, 1.54) is 5.56 Å². The third-order valence-electron chi connectivity index (χ3n) is 4.85. The zero-order valence-corrected chi connectivity index (χ0v) is 15.2. The average Bonchev–Trinajstić information content (AvgIpc) is 2.69. The fraction of sp³-hybridized carbons (Fsp3) is 0.318. The van der Waals surface area contributed by atoms with E-state index in [1.54, 1.807) is 13.3 Å². The number of ether oxygens (including phenoxy) is 1. The van der Waals surface area contributed by atoms with E-state index in [-0.39, 0.29) is 6.03 Å². The molecule has 136 valence electrons. The highest BCUT2D eigenvalue weighted by Gasteiger charge is 2.22. The van der Waals surface area contributed by atoms with Crippen molar-refractivity contribution in [3.63, 3.8) is 0 Å². The molecular weight excluding hydrogens is 324 g/mol. The summed E-state index contributed by atoms with van der Waals surface area (Å²) in [6.07, 6.45) is 6.80. The van der Waals surface area contributed by atoms with Crippen LogP contribution >= 0.6 is 0 Å². The van der Waals surface area contributed by atoms with Gasteiger partial charge in [0.05, 0.1) is 7.11 Å². The lowest BCUT2D eigenvalue weighted by Gasteiger charge is -2.31. The van der Waals surface area contributed by atoms with Crippen LogP contribution in [0.15, 0.2) is 60.8 Å². The highest BCUT2D eigenvalue weighted by Crippen LogP contribution is 2.21. The number of likely N-dealkylation sites (tertiary alicyclic amines) is 1. The Bertz CT molecular complexity index is 735. The Balaban J connectivity index is 1.44. The normalized spacial score (nSPS) is 15.2. The Labute approximate surface area is 155 Å². The van der Waals surface area contributed by atoms with E-state index in [0.29, 0.717) is 5.92 Å². The van der Waals surface area contributed by atoms with Crippen LogP contribution in [0.25, 0.3) is 6.08 Å². The first kappa shape index (κ1) is 18.1. The molecular formula is C22H26N2O2. The van der Waals surface area contributed by atoms with E-state index in [1.807, 2.05) is 35.2 Å². The van der Waals surface area contributed by atoms with Gasteiger partial charge >= 0.3 is 6.03 Å². The summed E-state index contributed by atoms with van der Waals surface area (Å²) in [6.45, 7) is 1.63. The maximum atomic E-state index is 12.3. The quantitative estimate of drug-likeness (QED) is 0.872. The fourth-order valence-electron chi connectivity index (χ4n) is 3.33. The number of carbonyl (C=O) groups excluding carboxylic acids is 1. The van der Waals surface area contributed by atoms with Crippen LogP contribution in [0, 0.1) is 5.92 Å². The first-order valence-corrected chi connectivity index (χ1v) is 9.14. The van der Waals surface area contributed by atoms with Crippen molar-refractivity contribution < 1.29 is 9.53 Å². The molecule has 2 aromatic rings. The average molecular weight is 350 g/mol. The van der Waals surface area contributed by atoms with Crippen molar-refractivity contribution in [3.8, 4) is 5.75 Å². The number of urea groups is 1. The van der Waals surface area contributed by atoms with E-state index in [0.717, 1.165) is 43.7 Å². The molecule has 0 aliphatic carbocycles. The van der Waals surface area contributed by atoms with E-state index in [2.05, 4.69) is 35.6 Å². The van der Waals surface area contributed by atoms with Gasteiger partial charge in [-0.1, -0.05) is 42.5 Å². The summed E-state index contributed by atoms with van der Waals surface area (Å²) in [4.78, 5) is 14.2. The Kier molecular flexibility index (Phi) is 6.31. The maximum absolute atomic E-state index is 12.3. The Hall–Kier alpha value is -2.75. The van der Waals surface area contributed by atoms with Gasteiger partial charge in [0.1, 0.15) is 5.75 Å². The summed E-state index contributed by atoms with van der Waals surface area (Å²) in [6, 6.07) is 18.3. The highest BCUT2D eigenvalue weighted by atomic mass is 16.5. The zero-order valence-electron chi connectivity index (χ0n) is 15.2. The van der Waals surface area contributed by atoms with Gasteiger partial charge in [0.2, 0.25) is 0 Å². The van der Waals surface area contributed by atoms with Crippen molar-refractivity contribution in [1.82, 2.24) is 10.2 Å². The molecule has 0 bridgehead atoms. The molecule has 4 nitrogen and oxygen atoms in total. The molecule has 1 heterocycles. The van der Waals surface area contributed by atoms with Crippen LogP contribution in [0.2, 0.25) is 0 Å². The molecule has 1 N–H and O–H groups in total. The van der Waals surface area contributed by atoms with Gasteiger partial charge in [-0.25, -0.2) is 4.79 Å². The molecule has 0 saturated carbocycles. The van der Waals surface area contributed by atoms with Gasteiger partial charge in [-0.05, 0) is 54.5 Å². The van der Waals surface area contributed by atoms with Crippen LogP contribution in [-0.4, -0.2) is 31.1 Å². The molecule has 4 heteroatoms. The van der Waals surface area contributed by atoms with Crippen molar-refractivity contribution in [1.29, 1.82) is 0 Å². The minimum absolute atomic E-state index is 0.0256. The van der Waals surface area contributed by atoms with Crippen molar-refractivity contribution in [2.24, 2.45) is 5.92 Å². The first-order valence-electron chi connectivity index (χ1n) is 9.14. The summed E-state index contributed by atoms with van der Waals surface area (Å²) in [5.41, 5.74) is 2.38. The molecule has 1 aliphatic rings. The lowest BCUT2D eigenvalue weighted by atomic mass is 9.90. The van der Waals surface area contributed by atoms with Crippen LogP contribution in [0.5, 0.6) is 5.75 Å². The maximum Gasteiger partial charge on any atom is 0.321 e. The second kappa shape index (κ2) is 9.09. The van der Waals surface area contributed by atoms with Gasteiger partial charge in [0.25, 0.3) is 0 Å². The SMILES string of the molecule is COc1cccc(/C=C/NC(=O)N2CCC(Cc3ccccc3)CC2)c1. The molecule has 1 fully saturated rings. The zero-order chi connectivity index (χ0) is 18.2. The molecule has 1 aliphatic heterocycles. The molecule has 1 saturated heterocycles. The van der Waals surface area contributed by atoms with Gasteiger partial charge < -0.3 is 15.0 Å². The number of methoxy groups -OCH3 is 1. The minimum Gasteiger partial charge on any atom is -0.497 e. The summed E-state index contributed by atoms with van der Waals surface area (Å²) in [7, 11) is 1.64. The van der Waals surface area contributed by atoms with Gasteiger partial charge in [-0.15, -0.1) is 0 Å². The topological polar surface area (TPSA) is 41.6 Å². The lowest BCUT2D eigenvalue weighted by molar-refractivity contribution is 0.173. The molecule has 26 heavy (non-hydrogen) atoms. The number of benzene rings is 2. The first-order chi connectivity index (χ1) is 12.7. The predicted molar refractivity (Wildman–Crippen MR) is 105 cm³/mol. The van der Waals surface area contributed by atoms with Gasteiger partial charge in [-0.3, -0.25) is 0 Å². The molecule has 3 rings (SSSR count).